The second-order valence-corrected chi connectivity index (χ2v) is 8.18. The van der Waals surface area contributed by atoms with Crippen molar-refractivity contribution in [1.82, 2.24) is 4.98 Å². The van der Waals surface area contributed by atoms with Gasteiger partial charge in [-0.1, -0.05) is 0 Å². The molecule has 0 bridgehead atoms. The van der Waals surface area contributed by atoms with Gasteiger partial charge in [0.25, 0.3) is 15.9 Å². The van der Waals surface area contributed by atoms with Gasteiger partial charge in [-0.3, -0.25) is 14.3 Å². The first-order chi connectivity index (χ1) is 15.5. The molecule has 0 spiro atoms. The predicted molar refractivity (Wildman–Crippen MR) is 110 cm³/mol. The molecule has 3 rings (SSSR count). The Labute approximate surface area is 184 Å². The van der Waals surface area contributed by atoms with E-state index in [1.807, 2.05) is 0 Å². The van der Waals surface area contributed by atoms with Crippen LogP contribution in [0.5, 0.6) is 0 Å². The fourth-order valence-corrected chi connectivity index (χ4v) is 3.79. The van der Waals surface area contributed by atoms with E-state index in [9.17, 15) is 35.6 Å². The van der Waals surface area contributed by atoms with Crippen LogP contribution in [0, 0.1) is 23.3 Å². The number of hydrogen-bond acceptors (Lipinski definition) is 5. The first kappa shape index (κ1) is 23.7. The number of anilines is 3. The molecule has 0 aliphatic rings. The molecular formula is C20H14F4N4O4S. The number of rotatable bonds is 6. The van der Waals surface area contributed by atoms with E-state index in [2.05, 4.69) is 15.6 Å². The van der Waals surface area contributed by atoms with Gasteiger partial charge < -0.3 is 10.6 Å². The number of carbonyl (C=O) groups is 2. The SMILES string of the molecule is CC(=O)Nc1ccc(NC(=O)c2c(F)ccc(NS(=O)(=O)c3cc(F)ccc3F)c2F)cn1. The number of pyridine rings is 1. The highest BCUT2D eigenvalue weighted by Gasteiger charge is 2.26. The number of hydrogen-bond donors (Lipinski definition) is 3. The summed E-state index contributed by atoms with van der Waals surface area (Å²) in [5, 5.41) is 4.57. The van der Waals surface area contributed by atoms with Crippen molar-refractivity contribution >= 4 is 39.0 Å². The lowest BCUT2D eigenvalue weighted by atomic mass is 10.1. The fourth-order valence-electron chi connectivity index (χ4n) is 2.64. The van der Waals surface area contributed by atoms with Crippen LogP contribution in [0.3, 0.4) is 0 Å². The lowest BCUT2D eigenvalue weighted by molar-refractivity contribution is -0.114. The van der Waals surface area contributed by atoms with Crippen molar-refractivity contribution in [2.75, 3.05) is 15.4 Å². The molecule has 0 aliphatic carbocycles. The average Bonchev–Trinajstić information content (AvgIpc) is 2.73. The van der Waals surface area contributed by atoms with Crippen LogP contribution in [0.15, 0.2) is 53.6 Å². The number of aromatic nitrogens is 1. The molecule has 2 amide bonds. The summed E-state index contributed by atoms with van der Waals surface area (Å²) < 4.78 is 82.7. The summed E-state index contributed by atoms with van der Waals surface area (Å²) in [5.74, 6) is -6.77. The summed E-state index contributed by atoms with van der Waals surface area (Å²) in [6.07, 6.45) is 1.11. The molecule has 0 aliphatic heterocycles. The molecule has 0 unspecified atom stereocenters. The van der Waals surface area contributed by atoms with Gasteiger partial charge >= 0.3 is 0 Å². The highest BCUT2D eigenvalue weighted by Crippen LogP contribution is 2.26. The standard InChI is InChI=1S/C20H14F4N4O4S/c1-10(29)26-17-7-3-12(9-25-17)27-20(30)18-14(23)5-6-15(19(18)24)28-33(31,32)16-8-11(21)2-4-13(16)22/h2-9,28H,1H3,(H,27,30)(H,25,26,29). The maximum Gasteiger partial charge on any atom is 0.265 e. The molecule has 33 heavy (non-hydrogen) atoms. The van der Waals surface area contributed by atoms with E-state index < -0.39 is 55.3 Å². The Morgan fingerprint density at radius 2 is 1.61 bits per heavy atom. The van der Waals surface area contributed by atoms with Crippen molar-refractivity contribution in [3.05, 3.63) is 77.5 Å². The summed E-state index contributed by atoms with van der Waals surface area (Å²) in [7, 11) is -4.82. The molecule has 2 aromatic carbocycles. The van der Waals surface area contributed by atoms with Gasteiger partial charge in [0.15, 0.2) is 5.82 Å². The molecule has 1 aromatic heterocycles. The number of nitrogens with one attached hydrogen (secondary N) is 3. The molecule has 1 heterocycles. The molecule has 0 saturated carbocycles. The van der Waals surface area contributed by atoms with Gasteiger partial charge in [0, 0.05) is 6.92 Å². The van der Waals surface area contributed by atoms with E-state index in [0.717, 1.165) is 6.20 Å². The zero-order valence-electron chi connectivity index (χ0n) is 16.6. The van der Waals surface area contributed by atoms with Crippen LogP contribution in [-0.4, -0.2) is 25.2 Å². The lowest BCUT2D eigenvalue weighted by Gasteiger charge is -2.13. The second-order valence-electron chi connectivity index (χ2n) is 6.53. The van der Waals surface area contributed by atoms with E-state index in [1.165, 1.54) is 19.1 Å². The minimum absolute atomic E-state index is 0.0146. The molecule has 3 N–H and O–H groups in total. The van der Waals surface area contributed by atoms with Crippen LogP contribution >= 0.6 is 0 Å². The van der Waals surface area contributed by atoms with Crippen molar-refractivity contribution < 1.29 is 35.6 Å². The van der Waals surface area contributed by atoms with Crippen molar-refractivity contribution in [3.8, 4) is 0 Å². The zero-order valence-corrected chi connectivity index (χ0v) is 17.4. The second kappa shape index (κ2) is 9.24. The number of carbonyl (C=O) groups excluding carboxylic acids is 2. The van der Waals surface area contributed by atoms with Crippen molar-refractivity contribution in [2.45, 2.75) is 11.8 Å². The van der Waals surface area contributed by atoms with E-state index in [1.54, 1.807) is 4.72 Å². The van der Waals surface area contributed by atoms with Gasteiger partial charge in [-0.15, -0.1) is 0 Å². The minimum atomic E-state index is -4.82. The number of sulfonamides is 1. The molecule has 3 aromatic rings. The van der Waals surface area contributed by atoms with Gasteiger partial charge in [-0.25, -0.2) is 31.0 Å². The van der Waals surface area contributed by atoms with Gasteiger partial charge in [0.05, 0.1) is 17.6 Å². The van der Waals surface area contributed by atoms with Crippen molar-refractivity contribution in [3.63, 3.8) is 0 Å². The third-order valence-corrected chi connectivity index (χ3v) is 5.45. The predicted octanol–water partition coefficient (Wildman–Crippen LogP) is 3.65. The molecule has 13 heteroatoms. The molecule has 172 valence electrons. The third-order valence-electron chi connectivity index (χ3n) is 4.07. The summed E-state index contributed by atoms with van der Waals surface area (Å²) in [4.78, 5) is 26.2. The van der Waals surface area contributed by atoms with Crippen LogP contribution in [0.25, 0.3) is 0 Å². The molecule has 0 saturated heterocycles. The number of nitrogens with zero attached hydrogens (tertiary/aromatic N) is 1. The molecule has 0 fully saturated rings. The lowest BCUT2D eigenvalue weighted by Crippen LogP contribution is -2.20. The Morgan fingerprint density at radius 3 is 2.24 bits per heavy atom. The van der Waals surface area contributed by atoms with Crippen LogP contribution < -0.4 is 15.4 Å². The average molecular weight is 482 g/mol. The summed E-state index contributed by atoms with van der Waals surface area (Å²) >= 11 is 0. The molecule has 0 radical (unpaired) electrons. The fraction of sp³-hybridized carbons (Fsp3) is 0.0500. The van der Waals surface area contributed by atoms with Crippen LogP contribution in [0.2, 0.25) is 0 Å². The highest BCUT2D eigenvalue weighted by molar-refractivity contribution is 7.92. The maximum atomic E-state index is 14.9. The number of amides is 2. The first-order valence-electron chi connectivity index (χ1n) is 8.99. The Balaban J connectivity index is 1.88. The van der Waals surface area contributed by atoms with E-state index in [4.69, 9.17) is 0 Å². The topological polar surface area (TPSA) is 117 Å². The Kier molecular flexibility index (Phi) is 6.62. The summed E-state index contributed by atoms with van der Waals surface area (Å²) in [6.45, 7) is 1.26. The van der Waals surface area contributed by atoms with Crippen molar-refractivity contribution in [1.29, 1.82) is 0 Å². The van der Waals surface area contributed by atoms with Crippen LogP contribution in [-0.2, 0) is 14.8 Å². The molecule has 8 nitrogen and oxygen atoms in total. The monoisotopic (exact) mass is 482 g/mol. The molecular weight excluding hydrogens is 468 g/mol. The summed E-state index contributed by atoms with van der Waals surface area (Å²) in [5.41, 5.74) is -1.99. The zero-order chi connectivity index (χ0) is 24.3. The first-order valence-corrected chi connectivity index (χ1v) is 10.5. The van der Waals surface area contributed by atoms with Gasteiger partial charge in [0.2, 0.25) is 5.91 Å². The van der Waals surface area contributed by atoms with Gasteiger partial charge in [-0.2, -0.15) is 0 Å². The van der Waals surface area contributed by atoms with Crippen LogP contribution in [0.1, 0.15) is 17.3 Å². The largest absolute Gasteiger partial charge is 0.320 e. The normalized spacial score (nSPS) is 11.1. The van der Waals surface area contributed by atoms with E-state index in [0.29, 0.717) is 30.3 Å². The van der Waals surface area contributed by atoms with Crippen LogP contribution in [0.4, 0.5) is 34.8 Å². The summed E-state index contributed by atoms with van der Waals surface area (Å²) in [6, 6.07) is 5.55. The Bertz CT molecular complexity index is 1350. The quantitative estimate of drug-likeness (QED) is 0.464. The van der Waals surface area contributed by atoms with E-state index >= 15 is 0 Å². The van der Waals surface area contributed by atoms with Gasteiger partial charge in [0.1, 0.15) is 33.7 Å². The number of halogens is 4. The number of benzene rings is 2. The van der Waals surface area contributed by atoms with E-state index in [-0.39, 0.29) is 17.4 Å². The van der Waals surface area contributed by atoms with Crippen molar-refractivity contribution in [2.24, 2.45) is 0 Å². The van der Waals surface area contributed by atoms with Gasteiger partial charge in [-0.05, 0) is 42.5 Å². The maximum absolute atomic E-state index is 14.9. The Hall–Kier alpha value is -4.00. The third kappa shape index (κ3) is 5.44. The Morgan fingerprint density at radius 1 is 0.909 bits per heavy atom. The minimum Gasteiger partial charge on any atom is -0.320 e. The smallest absolute Gasteiger partial charge is 0.265 e. The molecule has 0 atom stereocenters. The highest BCUT2D eigenvalue weighted by atomic mass is 32.2.